The first-order valence-corrected chi connectivity index (χ1v) is 7.59. The van der Waals surface area contributed by atoms with Crippen molar-refractivity contribution in [3.05, 3.63) is 23.2 Å². The van der Waals surface area contributed by atoms with Crippen LogP contribution in [0, 0.1) is 0 Å². The van der Waals surface area contributed by atoms with E-state index in [-0.39, 0.29) is 28.6 Å². The van der Waals surface area contributed by atoms with E-state index in [1.165, 1.54) is 18.2 Å². The molecule has 110 valence electrons. The third-order valence-corrected chi connectivity index (χ3v) is 5.35. The van der Waals surface area contributed by atoms with Crippen LogP contribution in [0.3, 0.4) is 0 Å². The van der Waals surface area contributed by atoms with Crippen molar-refractivity contribution in [1.82, 2.24) is 4.31 Å². The minimum absolute atomic E-state index is 0.0162. The molecule has 20 heavy (non-hydrogen) atoms. The highest BCUT2D eigenvalue weighted by Crippen LogP contribution is 2.29. The van der Waals surface area contributed by atoms with Crippen LogP contribution in [-0.2, 0) is 14.8 Å². The van der Waals surface area contributed by atoms with Gasteiger partial charge in [0.2, 0.25) is 15.9 Å². The Labute approximate surface area is 121 Å². The number of sulfonamides is 1. The quantitative estimate of drug-likeness (QED) is 0.649. The van der Waals surface area contributed by atoms with Crippen molar-refractivity contribution < 1.29 is 18.3 Å². The maximum Gasteiger partial charge on any atom is 0.243 e. The second-order valence-corrected chi connectivity index (χ2v) is 6.86. The molecule has 1 saturated heterocycles. The SMILES string of the molecule is NC(=O)C1CC(O)CN1S(=O)(=O)c1ccc(Cl)c(N)c1. The standard InChI is InChI=1S/C11H14ClN3O4S/c12-8-2-1-7(4-9(8)13)20(18,19)15-5-6(16)3-10(15)11(14)17/h1-2,4,6,10,16H,3,5,13H2,(H2,14,17). The van der Waals surface area contributed by atoms with Crippen molar-refractivity contribution in [2.75, 3.05) is 12.3 Å². The Bertz CT molecular complexity index is 649. The Morgan fingerprint density at radius 2 is 2.10 bits per heavy atom. The molecular formula is C11H14ClN3O4S. The second-order valence-electron chi connectivity index (χ2n) is 4.57. The molecule has 0 bridgehead atoms. The summed E-state index contributed by atoms with van der Waals surface area (Å²) in [4.78, 5) is 11.2. The van der Waals surface area contributed by atoms with Crippen LogP contribution in [0.2, 0.25) is 5.02 Å². The van der Waals surface area contributed by atoms with E-state index in [1.54, 1.807) is 0 Å². The fourth-order valence-corrected chi connectivity index (χ4v) is 3.92. The second kappa shape index (κ2) is 5.21. The summed E-state index contributed by atoms with van der Waals surface area (Å²) >= 11 is 5.75. The zero-order valence-corrected chi connectivity index (χ0v) is 11.9. The van der Waals surface area contributed by atoms with Gasteiger partial charge in [0.25, 0.3) is 0 Å². The van der Waals surface area contributed by atoms with Gasteiger partial charge >= 0.3 is 0 Å². The number of anilines is 1. The van der Waals surface area contributed by atoms with Crippen molar-refractivity contribution in [3.63, 3.8) is 0 Å². The number of β-amino-alcohol motifs (C(OH)–C–C–N with tert-alkyl or cyclic N) is 1. The molecule has 9 heteroatoms. The van der Waals surface area contributed by atoms with Crippen LogP contribution in [0.15, 0.2) is 23.1 Å². The van der Waals surface area contributed by atoms with Gasteiger partial charge in [-0.15, -0.1) is 0 Å². The third-order valence-electron chi connectivity index (χ3n) is 3.14. The molecule has 0 aliphatic carbocycles. The van der Waals surface area contributed by atoms with Gasteiger partial charge in [-0.05, 0) is 18.2 Å². The Kier molecular flexibility index (Phi) is 3.92. The molecular weight excluding hydrogens is 306 g/mol. The monoisotopic (exact) mass is 319 g/mol. The average molecular weight is 320 g/mol. The molecule has 1 aromatic carbocycles. The van der Waals surface area contributed by atoms with Crippen molar-refractivity contribution in [2.45, 2.75) is 23.5 Å². The van der Waals surface area contributed by atoms with E-state index >= 15 is 0 Å². The molecule has 2 atom stereocenters. The number of halogens is 1. The largest absolute Gasteiger partial charge is 0.397 e. The molecule has 0 spiro atoms. The van der Waals surface area contributed by atoms with Gasteiger partial charge in [0, 0.05) is 13.0 Å². The molecule has 0 radical (unpaired) electrons. The fourth-order valence-electron chi connectivity index (χ4n) is 2.13. The zero-order valence-electron chi connectivity index (χ0n) is 10.4. The van der Waals surface area contributed by atoms with E-state index < -0.39 is 28.1 Å². The predicted octanol–water partition coefficient (Wildman–Crippen LogP) is -0.469. The summed E-state index contributed by atoms with van der Waals surface area (Å²) in [7, 11) is -3.97. The number of hydrogen-bond donors (Lipinski definition) is 3. The van der Waals surface area contributed by atoms with Gasteiger partial charge in [-0.3, -0.25) is 4.79 Å². The lowest BCUT2D eigenvalue weighted by atomic mass is 10.2. The molecule has 7 nitrogen and oxygen atoms in total. The molecule has 2 rings (SSSR count). The summed E-state index contributed by atoms with van der Waals surface area (Å²) in [5.41, 5.74) is 10.9. The molecule has 1 aliphatic heterocycles. The number of nitrogens with two attached hydrogens (primary N) is 2. The maximum atomic E-state index is 12.5. The van der Waals surface area contributed by atoms with E-state index in [1.807, 2.05) is 0 Å². The number of nitrogens with zero attached hydrogens (tertiary/aromatic N) is 1. The van der Waals surface area contributed by atoms with Crippen LogP contribution in [0.1, 0.15) is 6.42 Å². The summed E-state index contributed by atoms with van der Waals surface area (Å²) < 4.78 is 25.8. The maximum absolute atomic E-state index is 12.5. The van der Waals surface area contributed by atoms with Gasteiger partial charge in [0.05, 0.1) is 21.7 Å². The molecule has 1 fully saturated rings. The van der Waals surface area contributed by atoms with Crippen molar-refractivity contribution in [3.8, 4) is 0 Å². The number of amides is 1. The number of hydrogen-bond acceptors (Lipinski definition) is 5. The lowest BCUT2D eigenvalue weighted by Crippen LogP contribution is -2.43. The summed E-state index contributed by atoms with van der Waals surface area (Å²) in [6.45, 7) is -0.182. The Morgan fingerprint density at radius 1 is 1.45 bits per heavy atom. The van der Waals surface area contributed by atoms with Gasteiger partial charge in [-0.1, -0.05) is 11.6 Å². The van der Waals surface area contributed by atoms with Gasteiger partial charge < -0.3 is 16.6 Å². The predicted molar refractivity (Wildman–Crippen MR) is 73.4 cm³/mol. The first kappa shape index (κ1) is 15.0. The Hall–Kier alpha value is -1.35. The smallest absolute Gasteiger partial charge is 0.243 e. The van der Waals surface area contributed by atoms with Gasteiger partial charge in [0.1, 0.15) is 6.04 Å². The van der Waals surface area contributed by atoms with Crippen molar-refractivity contribution in [2.24, 2.45) is 5.73 Å². The first-order valence-electron chi connectivity index (χ1n) is 5.77. The highest BCUT2D eigenvalue weighted by atomic mass is 35.5. The molecule has 2 unspecified atom stereocenters. The fraction of sp³-hybridized carbons (Fsp3) is 0.364. The van der Waals surface area contributed by atoms with Crippen LogP contribution >= 0.6 is 11.6 Å². The number of nitrogen functional groups attached to an aromatic ring is 1. The molecule has 1 aliphatic rings. The average Bonchev–Trinajstić information content (AvgIpc) is 2.75. The summed E-state index contributed by atoms with van der Waals surface area (Å²) in [5, 5.41) is 9.80. The van der Waals surface area contributed by atoms with Gasteiger partial charge in [-0.2, -0.15) is 4.31 Å². The van der Waals surface area contributed by atoms with Crippen LogP contribution < -0.4 is 11.5 Å². The van der Waals surface area contributed by atoms with E-state index in [2.05, 4.69) is 0 Å². The van der Waals surface area contributed by atoms with Crippen LogP contribution in [0.25, 0.3) is 0 Å². The number of primary amides is 1. The molecule has 1 aromatic rings. The number of aliphatic hydroxyl groups is 1. The summed E-state index contributed by atoms with van der Waals surface area (Å²) in [6, 6.07) is 2.79. The van der Waals surface area contributed by atoms with Crippen molar-refractivity contribution >= 4 is 33.2 Å². The number of aliphatic hydroxyl groups excluding tert-OH is 1. The van der Waals surface area contributed by atoms with E-state index in [0.717, 1.165) is 4.31 Å². The Balaban J connectivity index is 2.43. The number of rotatable bonds is 3. The lowest BCUT2D eigenvalue weighted by Gasteiger charge is -2.21. The van der Waals surface area contributed by atoms with Crippen LogP contribution in [0.5, 0.6) is 0 Å². The van der Waals surface area contributed by atoms with Crippen molar-refractivity contribution in [1.29, 1.82) is 0 Å². The summed E-state index contributed by atoms with van der Waals surface area (Å²) in [6.07, 6.45) is -0.940. The third kappa shape index (κ3) is 2.59. The van der Waals surface area contributed by atoms with E-state index in [4.69, 9.17) is 23.1 Å². The minimum Gasteiger partial charge on any atom is -0.397 e. The highest BCUT2D eigenvalue weighted by molar-refractivity contribution is 7.89. The molecule has 1 heterocycles. The van der Waals surface area contributed by atoms with Crippen LogP contribution in [0.4, 0.5) is 5.69 Å². The summed E-state index contributed by atoms with van der Waals surface area (Å²) in [5.74, 6) is -0.799. The number of carbonyl (C=O) groups excluding carboxylic acids is 1. The molecule has 0 aromatic heterocycles. The molecule has 1 amide bonds. The van der Waals surface area contributed by atoms with Gasteiger partial charge in [-0.25, -0.2) is 8.42 Å². The topological polar surface area (TPSA) is 127 Å². The highest BCUT2D eigenvalue weighted by Gasteiger charge is 2.42. The zero-order chi connectivity index (χ0) is 15.1. The first-order chi connectivity index (χ1) is 9.23. The van der Waals surface area contributed by atoms with Gasteiger partial charge in [0.15, 0.2) is 0 Å². The lowest BCUT2D eigenvalue weighted by molar-refractivity contribution is -0.121. The number of carbonyl (C=O) groups is 1. The van der Waals surface area contributed by atoms with E-state index in [0.29, 0.717) is 0 Å². The van der Waals surface area contributed by atoms with Crippen LogP contribution in [-0.4, -0.2) is 42.4 Å². The minimum atomic E-state index is -3.97. The van der Waals surface area contributed by atoms with E-state index in [9.17, 15) is 18.3 Å². The number of benzene rings is 1. The molecule has 0 saturated carbocycles. The Morgan fingerprint density at radius 3 is 2.65 bits per heavy atom. The molecule has 5 N–H and O–H groups in total. The normalized spacial score (nSPS) is 23.9.